The van der Waals surface area contributed by atoms with Gasteiger partial charge in [0.05, 0.1) is 0 Å². The second-order valence-corrected chi connectivity index (χ2v) is 4.95. The first-order chi connectivity index (χ1) is 7.99. The molecule has 1 aliphatic heterocycles. The zero-order chi connectivity index (χ0) is 12.8. The molecule has 1 aliphatic rings. The highest BCUT2D eigenvalue weighted by Gasteiger charge is 2.23. The fourth-order valence-corrected chi connectivity index (χ4v) is 2.01. The lowest BCUT2D eigenvalue weighted by Crippen LogP contribution is -2.48. The van der Waals surface area contributed by atoms with Gasteiger partial charge in [0.1, 0.15) is 0 Å². The summed E-state index contributed by atoms with van der Waals surface area (Å²) < 4.78 is 0. The van der Waals surface area contributed by atoms with Crippen LogP contribution in [0.1, 0.15) is 39.0 Å². The number of hydrogen-bond acceptors (Lipinski definition) is 3. The van der Waals surface area contributed by atoms with Gasteiger partial charge < -0.3 is 16.0 Å². The molecule has 3 N–H and O–H groups in total. The third-order valence-electron chi connectivity index (χ3n) is 3.06. The summed E-state index contributed by atoms with van der Waals surface area (Å²) in [7, 11) is 1.77. The lowest BCUT2D eigenvalue weighted by Gasteiger charge is -2.30. The van der Waals surface area contributed by atoms with E-state index in [9.17, 15) is 9.59 Å². The van der Waals surface area contributed by atoms with Gasteiger partial charge in [0, 0.05) is 38.5 Å². The van der Waals surface area contributed by atoms with Crippen LogP contribution in [0, 0.1) is 0 Å². The van der Waals surface area contributed by atoms with Gasteiger partial charge in [0.25, 0.3) is 0 Å². The van der Waals surface area contributed by atoms with Crippen molar-refractivity contribution in [2.75, 3.05) is 13.6 Å². The molecule has 5 nitrogen and oxygen atoms in total. The van der Waals surface area contributed by atoms with Gasteiger partial charge in [-0.15, -0.1) is 0 Å². The maximum Gasteiger partial charge on any atom is 0.222 e. The number of nitrogens with two attached hydrogens (primary N) is 1. The number of hydrogen-bond donors (Lipinski definition) is 2. The number of likely N-dealkylation sites (tertiary alicyclic amines) is 1. The fourth-order valence-electron chi connectivity index (χ4n) is 2.01. The molecule has 0 aromatic rings. The van der Waals surface area contributed by atoms with E-state index in [2.05, 4.69) is 5.32 Å². The summed E-state index contributed by atoms with van der Waals surface area (Å²) in [6, 6.07) is 0.265. The first-order valence-electron chi connectivity index (χ1n) is 6.28. The molecule has 1 heterocycles. The molecule has 1 saturated heterocycles. The van der Waals surface area contributed by atoms with E-state index >= 15 is 0 Å². The van der Waals surface area contributed by atoms with Gasteiger partial charge in [0.15, 0.2) is 0 Å². The van der Waals surface area contributed by atoms with Crippen molar-refractivity contribution in [3.63, 3.8) is 0 Å². The summed E-state index contributed by atoms with van der Waals surface area (Å²) in [4.78, 5) is 24.6. The Kier molecular flexibility index (Phi) is 5.41. The highest BCUT2D eigenvalue weighted by atomic mass is 16.2. The zero-order valence-electron chi connectivity index (χ0n) is 10.7. The summed E-state index contributed by atoms with van der Waals surface area (Å²) >= 11 is 0. The van der Waals surface area contributed by atoms with Gasteiger partial charge in [-0.1, -0.05) is 0 Å². The number of rotatable bonds is 5. The van der Waals surface area contributed by atoms with Crippen molar-refractivity contribution in [2.24, 2.45) is 5.73 Å². The van der Waals surface area contributed by atoms with E-state index < -0.39 is 0 Å². The summed E-state index contributed by atoms with van der Waals surface area (Å²) in [5, 5.41) is 2.97. The van der Waals surface area contributed by atoms with Gasteiger partial charge in [-0.3, -0.25) is 9.59 Å². The SMILES string of the molecule is CC(N)CCCC(=O)NC1CCC(=O)N(C)C1. The van der Waals surface area contributed by atoms with Gasteiger partial charge in [0.2, 0.25) is 11.8 Å². The van der Waals surface area contributed by atoms with E-state index in [1.165, 1.54) is 0 Å². The smallest absolute Gasteiger partial charge is 0.222 e. The fraction of sp³-hybridized carbons (Fsp3) is 0.833. The van der Waals surface area contributed by atoms with Crippen LogP contribution in [-0.4, -0.2) is 42.4 Å². The Labute approximate surface area is 103 Å². The maximum absolute atomic E-state index is 11.6. The molecule has 98 valence electrons. The van der Waals surface area contributed by atoms with Crippen molar-refractivity contribution in [2.45, 2.75) is 51.1 Å². The summed E-state index contributed by atoms with van der Waals surface area (Å²) in [6.07, 6.45) is 3.50. The highest BCUT2D eigenvalue weighted by molar-refractivity contribution is 5.78. The Morgan fingerprint density at radius 3 is 2.94 bits per heavy atom. The second kappa shape index (κ2) is 6.59. The van der Waals surface area contributed by atoms with Crippen molar-refractivity contribution in [1.29, 1.82) is 0 Å². The van der Waals surface area contributed by atoms with Crippen LogP contribution in [0.4, 0.5) is 0 Å². The molecular formula is C12H23N3O2. The Morgan fingerprint density at radius 1 is 1.65 bits per heavy atom. The van der Waals surface area contributed by atoms with Crippen molar-refractivity contribution >= 4 is 11.8 Å². The summed E-state index contributed by atoms with van der Waals surface area (Å²) in [5.74, 6) is 0.228. The minimum Gasteiger partial charge on any atom is -0.352 e. The molecule has 1 fully saturated rings. The Morgan fingerprint density at radius 2 is 2.35 bits per heavy atom. The van der Waals surface area contributed by atoms with Crippen molar-refractivity contribution in [1.82, 2.24) is 10.2 Å². The predicted molar refractivity (Wildman–Crippen MR) is 66.3 cm³/mol. The number of likely N-dealkylation sites (N-methyl/N-ethyl adjacent to an activating group) is 1. The van der Waals surface area contributed by atoms with Crippen molar-refractivity contribution in [3.8, 4) is 0 Å². The molecule has 1 rings (SSSR count). The first-order valence-corrected chi connectivity index (χ1v) is 6.28. The maximum atomic E-state index is 11.6. The largest absolute Gasteiger partial charge is 0.352 e. The first kappa shape index (κ1) is 14.0. The Bertz CT molecular complexity index is 279. The van der Waals surface area contributed by atoms with E-state index in [4.69, 9.17) is 5.73 Å². The molecule has 2 unspecified atom stereocenters. The minimum atomic E-state index is 0.0680. The van der Waals surface area contributed by atoms with Crippen LogP contribution in [0.15, 0.2) is 0 Å². The number of amides is 2. The van der Waals surface area contributed by atoms with Crippen LogP contribution < -0.4 is 11.1 Å². The van der Waals surface area contributed by atoms with Crippen molar-refractivity contribution < 1.29 is 9.59 Å². The van der Waals surface area contributed by atoms with Crippen LogP contribution >= 0.6 is 0 Å². The Balaban J connectivity index is 2.20. The van der Waals surface area contributed by atoms with Gasteiger partial charge in [-0.2, -0.15) is 0 Å². The molecule has 0 aromatic heterocycles. The topological polar surface area (TPSA) is 75.4 Å². The van der Waals surface area contributed by atoms with Crippen LogP contribution in [-0.2, 0) is 9.59 Å². The number of nitrogens with zero attached hydrogens (tertiary/aromatic N) is 1. The highest BCUT2D eigenvalue weighted by Crippen LogP contribution is 2.10. The normalized spacial score (nSPS) is 22.4. The number of nitrogens with one attached hydrogen (secondary N) is 1. The molecule has 0 radical (unpaired) electrons. The number of piperidine rings is 1. The monoisotopic (exact) mass is 241 g/mol. The molecule has 17 heavy (non-hydrogen) atoms. The average molecular weight is 241 g/mol. The predicted octanol–water partition coefficient (Wildman–Crippen LogP) is 0.241. The molecule has 0 saturated carbocycles. The Hall–Kier alpha value is -1.10. The van der Waals surface area contributed by atoms with Crippen LogP contribution in [0.2, 0.25) is 0 Å². The van der Waals surface area contributed by atoms with E-state index in [0.29, 0.717) is 19.4 Å². The second-order valence-electron chi connectivity index (χ2n) is 4.95. The molecule has 0 bridgehead atoms. The minimum absolute atomic E-state index is 0.0680. The van der Waals surface area contributed by atoms with Gasteiger partial charge in [-0.05, 0) is 26.2 Å². The van der Waals surface area contributed by atoms with Crippen molar-refractivity contribution in [3.05, 3.63) is 0 Å². The van der Waals surface area contributed by atoms with E-state index in [1.54, 1.807) is 11.9 Å². The molecule has 5 heteroatoms. The molecule has 2 amide bonds. The average Bonchev–Trinajstić information content (AvgIpc) is 2.23. The molecular weight excluding hydrogens is 218 g/mol. The standard InChI is InChI=1S/C12H23N3O2/c1-9(13)4-3-5-11(16)14-10-6-7-12(17)15(2)8-10/h9-10H,3-8,13H2,1-2H3,(H,14,16). The van der Waals surface area contributed by atoms with Gasteiger partial charge in [-0.25, -0.2) is 0 Å². The third kappa shape index (κ3) is 5.17. The third-order valence-corrected chi connectivity index (χ3v) is 3.06. The summed E-state index contributed by atoms with van der Waals surface area (Å²) in [5.41, 5.74) is 5.62. The van der Waals surface area contributed by atoms with Gasteiger partial charge >= 0.3 is 0 Å². The molecule has 2 atom stereocenters. The van der Waals surface area contributed by atoms with E-state index in [-0.39, 0.29) is 23.9 Å². The lowest BCUT2D eigenvalue weighted by molar-refractivity contribution is -0.134. The van der Waals surface area contributed by atoms with Crippen LogP contribution in [0.5, 0.6) is 0 Å². The van der Waals surface area contributed by atoms with Crippen LogP contribution in [0.25, 0.3) is 0 Å². The number of carbonyl (C=O) groups excluding carboxylic acids is 2. The molecule has 0 spiro atoms. The van der Waals surface area contributed by atoms with E-state index in [0.717, 1.165) is 19.3 Å². The number of carbonyl (C=O) groups is 2. The van der Waals surface area contributed by atoms with E-state index in [1.807, 2.05) is 6.92 Å². The van der Waals surface area contributed by atoms with Crippen LogP contribution in [0.3, 0.4) is 0 Å². The lowest BCUT2D eigenvalue weighted by atomic mass is 10.1. The molecule has 0 aromatic carbocycles. The summed E-state index contributed by atoms with van der Waals surface area (Å²) in [6.45, 7) is 2.57. The quantitative estimate of drug-likeness (QED) is 0.724. The molecule has 0 aliphatic carbocycles. The zero-order valence-corrected chi connectivity index (χ0v) is 10.7.